The molecule has 21 heavy (non-hydrogen) atoms. The first-order chi connectivity index (χ1) is 9.91. The van der Waals surface area contributed by atoms with Crippen molar-refractivity contribution < 1.29 is 14.0 Å². The third-order valence-corrected chi connectivity index (χ3v) is 3.67. The number of amides is 2. The van der Waals surface area contributed by atoms with E-state index < -0.39 is 17.6 Å². The molecule has 1 aliphatic rings. The number of benzene rings is 2. The quantitative estimate of drug-likeness (QED) is 0.647. The Bertz CT molecular complexity index is 758. The number of imide groups is 1. The number of halogens is 1. The van der Waals surface area contributed by atoms with Gasteiger partial charge in [-0.25, -0.2) is 9.29 Å². The van der Waals surface area contributed by atoms with E-state index in [1.165, 1.54) is 12.1 Å². The molecular weight excluding hydrogens is 271 g/mol. The molecule has 0 unspecified atom stereocenters. The molecule has 2 amide bonds. The lowest BCUT2D eigenvalue weighted by Gasteiger charge is -2.15. The van der Waals surface area contributed by atoms with Crippen LogP contribution in [0.2, 0.25) is 0 Å². The maximum absolute atomic E-state index is 14.0. The Hall–Kier alpha value is -2.69. The number of fused-ring (bicyclic) bond motifs is 1. The molecule has 0 spiro atoms. The Labute approximate surface area is 121 Å². The molecule has 1 heterocycles. The first-order valence-corrected chi connectivity index (χ1v) is 6.46. The van der Waals surface area contributed by atoms with Gasteiger partial charge in [0.25, 0.3) is 11.8 Å². The average Bonchev–Trinajstić information content (AvgIpc) is 2.68. The molecule has 0 saturated heterocycles. The third-order valence-electron chi connectivity index (χ3n) is 3.67. The number of carbonyl (C=O) groups is 2. The Morgan fingerprint density at radius 1 is 0.952 bits per heavy atom. The summed E-state index contributed by atoms with van der Waals surface area (Å²) in [7, 11) is 0. The largest absolute Gasteiger partial charge is 0.399 e. The molecule has 0 fully saturated rings. The van der Waals surface area contributed by atoms with Gasteiger partial charge in [-0.05, 0) is 43.2 Å². The summed E-state index contributed by atoms with van der Waals surface area (Å²) in [5, 5.41) is 0. The second kappa shape index (κ2) is 4.41. The van der Waals surface area contributed by atoms with Gasteiger partial charge < -0.3 is 5.73 Å². The normalized spacial score (nSPS) is 13.8. The fraction of sp³-hybridized carbons (Fsp3) is 0.125. The van der Waals surface area contributed by atoms with Crippen molar-refractivity contribution in [1.82, 2.24) is 0 Å². The molecule has 4 nitrogen and oxygen atoms in total. The van der Waals surface area contributed by atoms with E-state index in [0.717, 1.165) is 11.0 Å². The van der Waals surface area contributed by atoms with Gasteiger partial charge >= 0.3 is 0 Å². The van der Waals surface area contributed by atoms with Gasteiger partial charge in [0.2, 0.25) is 0 Å². The van der Waals surface area contributed by atoms with Gasteiger partial charge in [-0.15, -0.1) is 0 Å². The molecule has 0 saturated carbocycles. The van der Waals surface area contributed by atoms with Crippen molar-refractivity contribution in [1.29, 1.82) is 0 Å². The Morgan fingerprint density at radius 2 is 1.48 bits per heavy atom. The summed E-state index contributed by atoms with van der Waals surface area (Å²) in [6.07, 6.45) is 0. The predicted molar refractivity (Wildman–Crippen MR) is 77.9 cm³/mol. The standard InChI is InChI=1S/C16H13FN2O2/c1-8-3-4-9(2)14-13(8)15(20)19(16(14)21)12-6-5-10(18)7-11(12)17/h3-7H,18H2,1-2H3. The second-order valence-electron chi connectivity index (χ2n) is 5.11. The maximum Gasteiger partial charge on any atom is 0.266 e. The molecule has 5 heteroatoms. The van der Waals surface area contributed by atoms with Crippen molar-refractivity contribution >= 4 is 23.2 Å². The molecule has 0 atom stereocenters. The molecule has 3 rings (SSSR count). The van der Waals surface area contributed by atoms with E-state index in [2.05, 4.69) is 0 Å². The fourth-order valence-corrected chi connectivity index (χ4v) is 2.60. The number of hydrogen-bond donors (Lipinski definition) is 1. The van der Waals surface area contributed by atoms with Crippen LogP contribution in [-0.2, 0) is 0 Å². The van der Waals surface area contributed by atoms with Crippen LogP contribution < -0.4 is 10.6 Å². The van der Waals surface area contributed by atoms with E-state index in [4.69, 9.17) is 5.73 Å². The summed E-state index contributed by atoms with van der Waals surface area (Å²) in [5.74, 6) is -1.69. The minimum absolute atomic E-state index is 0.0748. The van der Waals surface area contributed by atoms with Crippen molar-refractivity contribution in [3.8, 4) is 0 Å². The molecule has 106 valence electrons. The van der Waals surface area contributed by atoms with Crippen molar-refractivity contribution in [2.24, 2.45) is 0 Å². The van der Waals surface area contributed by atoms with Gasteiger partial charge in [0.1, 0.15) is 5.82 Å². The van der Waals surface area contributed by atoms with Crippen molar-refractivity contribution in [2.75, 3.05) is 10.6 Å². The van der Waals surface area contributed by atoms with Crippen LogP contribution in [0.1, 0.15) is 31.8 Å². The van der Waals surface area contributed by atoms with E-state index in [9.17, 15) is 14.0 Å². The molecule has 0 bridgehead atoms. The van der Waals surface area contributed by atoms with Crippen LogP contribution >= 0.6 is 0 Å². The summed E-state index contributed by atoms with van der Waals surface area (Å²) in [6.45, 7) is 3.51. The summed E-state index contributed by atoms with van der Waals surface area (Å²) in [4.78, 5) is 25.9. The van der Waals surface area contributed by atoms with Gasteiger partial charge in [0.05, 0.1) is 16.8 Å². The predicted octanol–water partition coefficient (Wildman–Crippen LogP) is 2.83. The molecule has 1 aliphatic heterocycles. The zero-order valence-corrected chi connectivity index (χ0v) is 11.6. The fourth-order valence-electron chi connectivity index (χ4n) is 2.60. The number of rotatable bonds is 1. The highest BCUT2D eigenvalue weighted by atomic mass is 19.1. The molecule has 2 aromatic rings. The highest BCUT2D eigenvalue weighted by molar-refractivity contribution is 6.35. The van der Waals surface area contributed by atoms with Crippen LogP contribution in [0.4, 0.5) is 15.8 Å². The number of nitrogens with zero attached hydrogens (tertiary/aromatic N) is 1. The molecule has 0 aliphatic carbocycles. The van der Waals surface area contributed by atoms with Gasteiger partial charge in [0.15, 0.2) is 0 Å². The molecule has 2 N–H and O–H groups in total. The highest BCUT2D eigenvalue weighted by Crippen LogP contribution is 2.33. The van der Waals surface area contributed by atoms with Gasteiger partial charge in [-0.2, -0.15) is 0 Å². The average molecular weight is 284 g/mol. The van der Waals surface area contributed by atoms with E-state index in [1.54, 1.807) is 26.0 Å². The topological polar surface area (TPSA) is 63.4 Å². The minimum atomic E-state index is -0.695. The van der Waals surface area contributed by atoms with Crippen LogP contribution in [0.3, 0.4) is 0 Å². The Kier molecular flexibility index (Phi) is 2.79. The number of hydrogen-bond acceptors (Lipinski definition) is 3. The lowest BCUT2D eigenvalue weighted by Crippen LogP contribution is -2.30. The van der Waals surface area contributed by atoms with E-state index in [1.807, 2.05) is 0 Å². The molecule has 0 aromatic heterocycles. The van der Waals surface area contributed by atoms with Gasteiger partial charge in [-0.1, -0.05) is 12.1 Å². The van der Waals surface area contributed by atoms with Gasteiger partial charge in [0, 0.05) is 5.69 Å². The first kappa shape index (κ1) is 13.3. The van der Waals surface area contributed by atoms with Crippen molar-refractivity contribution in [3.63, 3.8) is 0 Å². The Balaban J connectivity index is 2.21. The second-order valence-corrected chi connectivity index (χ2v) is 5.11. The van der Waals surface area contributed by atoms with E-state index in [-0.39, 0.29) is 11.4 Å². The summed E-state index contributed by atoms with van der Waals surface area (Å²) < 4.78 is 14.0. The molecule has 2 aromatic carbocycles. The van der Waals surface area contributed by atoms with Crippen LogP contribution in [0.25, 0.3) is 0 Å². The van der Waals surface area contributed by atoms with Crippen LogP contribution in [0, 0.1) is 19.7 Å². The minimum Gasteiger partial charge on any atom is -0.399 e. The Morgan fingerprint density at radius 3 is 1.95 bits per heavy atom. The highest BCUT2D eigenvalue weighted by Gasteiger charge is 2.40. The summed E-state index contributed by atoms with van der Waals surface area (Å²) in [5.41, 5.74) is 7.75. The SMILES string of the molecule is Cc1ccc(C)c2c1C(=O)N(c1ccc(N)cc1F)C2=O. The van der Waals surface area contributed by atoms with Crippen molar-refractivity contribution in [3.05, 3.63) is 58.4 Å². The first-order valence-electron chi connectivity index (χ1n) is 6.46. The van der Waals surface area contributed by atoms with Gasteiger partial charge in [-0.3, -0.25) is 9.59 Å². The molecule has 0 radical (unpaired) electrons. The smallest absolute Gasteiger partial charge is 0.266 e. The summed E-state index contributed by atoms with van der Waals surface area (Å²) in [6, 6.07) is 7.46. The van der Waals surface area contributed by atoms with Crippen molar-refractivity contribution in [2.45, 2.75) is 13.8 Å². The molecular formula is C16H13FN2O2. The zero-order chi connectivity index (χ0) is 15.3. The van der Waals surface area contributed by atoms with E-state index in [0.29, 0.717) is 22.3 Å². The maximum atomic E-state index is 14.0. The number of nitrogens with two attached hydrogens (primary N) is 1. The van der Waals surface area contributed by atoms with E-state index >= 15 is 0 Å². The van der Waals surface area contributed by atoms with Crippen LogP contribution in [-0.4, -0.2) is 11.8 Å². The third kappa shape index (κ3) is 1.81. The lowest BCUT2D eigenvalue weighted by molar-refractivity contribution is 0.0924. The van der Waals surface area contributed by atoms with Crippen LogP contribution in [0.15, 0.2) is 30.3 Å². The number of anilines is 2. The number of carbonyl (C=O) groups excluding carboxylic acids is 2. The number of nitrogen functional groups attached to an aromatic ring is 1. The lowest BCUT2D eigenvalue weighted by atomic mass is 9.99. The van der Waals surface area contributed by atoms with Crippen LogP contribution in [0.5, 0.6) is 0 Å². The number of aryl methyl sites for hydroxylation is 2. The zero-order valence-electron chi connectivity index (χ0n) is 11.6. The summed E-state index contributed by atoms with van der Waals surface area (Å²) >= 11 is 0. The monoisotopic (exact) mass is 284 g/mol.